The molecule has 3 nitrogen and oxygen atoms in total. The lowest BCUT2D eigenvalue weighted by Crippen LogP contribution is -2.11. The van der Waals surface area contributed by atoms with E-state index in [0.29, 0.717) is 0 Å². The fraction of sp³-hybridized carbons (Fsp3) is 0.200. The monoisotopic (exact) mass is 227 g/mol. The number of aromatic nitrogens is 2. The molecule has 0 saturated carbocycles. The van der Waals surface area contributed by atoms with Crippen LogP contribution in [-0.2, 0) is 6.18 Å². The Bertz CT molecular complexity index is 549. The van der Waals surface area contributed by atoms with Crippen LogP contribution in [0.3, 0.4) is 0 Å². The third-order valence-electron chi connectivity index (χ3n) is 2.10. The topological polar surface area (TPSA) is 51.8 Å². The van der Waals surface area contributed by atoms with Gasteiger partial charge in [-0.05, 0) is 25.1 Å². The van der Waals surface area contributed by atoms with Crippen molar-refractivity contribution in [3.8, 4) is 0 Å². The summed E-state index contributed by atoms with van der Waals surface area (Å²) in [5, 5.41) is -0.0712. The molecule has 0 spiro atoms. The second-order valence-electron chi connectivity index (χ2n) is 3.39. The summed E-state index contributed by atoms with van der Waals surface area (Å²) in [6, 6.07) is 4.20. The maximum absolute atomic E-state index is 12.7. The van der Waals surface area contributed by atoms with E-state index < -0.39 is 11.9 Å². The van der Waals surface area contributed by atoms with E-state index in [1.807, 2.05) is 0 Å². The normalized spacial score (nSPS) is 12.0. The molecule has 1 heterocycles. The van der Waals surface area contributed by atoms with Crippen LogP contribution >= 0.6 is 0 Å². The van der Waals surface area contributed by atoms with Crippen LogP contribution in [-0.4, -0.2) is 9.97 Å². The second kappa shape index (κ2) is 3.33. The standard InChI is InChI=1S/C10H8F3N3/c1-5-15-8-3-2-6(14)4-7(8)9(16-5)10(11,12)13/h2-4H,14H2,1H3. The van der Waals surface area contributed by atoms with Gasteiger partial charge in [0, 0.05) is 11.1 Å². The van der Waals surface area contributed by atoms with Crippen molar-refractivity contribution in [2.75, 3.05) is 5.73 Å². The number of hydrogen-bond acceptors (Lipinski definition) is 3. The van der Waals surface area contributed by atoms with Gasteiger partial charge >= 0.3 is 6.18 Å². The minimum Gasteiger partial charge on any atom is -0.399 e. The Kier molecular flexibility index (Phi) is 2.22. The molecule has 0 fully saturated rings. The van der Waals surface area contributed by atoms with Gasteiger partial charge in [0.15, 0.2) is 5.69 Å². The predicted octanol–water partition coefficient (Wildman–Crippen LogP) is 2.54. The predicted molar refractivity (Wildman–Crippen MR) is 53.7 cm³/mol. The number of nitrogens with two attached hydrogens (primary N) is 1. The number of benzene rings is 1. The number of halogens is 3. The zero-order chi connectivity index (χ0) is 11.9. The highest BCUT2D eigenvalue weighted by Crippen LogP contribution is 2.33. The molecule has 0 saturated heterocycles. The third-order valence-corrected chi connectivity index (χ3v) is 2.10. The summed E-state index contributed by atoms with van der Waals surface area (Å²) in [4.78, 5) is 7.35. The molecule has 84 valence electrons. The smallest absolute Gasteiger partial charge is 0.399 e. The van der Waals surface area contributed by atoms with Gasteiger partial charge in [-0.1, -0.05) is 0 Å². The number of alkyl halides is 3. The van der Waals surface area contributed by atoms with Crippen molar-refractivity contribution in [3.63, 3.8) is 0 Å². The lowest BCUT2D eigenvalue weighted by Gasteiger charge is -2.10. The number of hydrogen-bond donors (Lipinski definition) is 1. The SMILES string of the molecule is Cc1nc(C(F)(F)F)c2cc(N)ccc2n1. The highest BCUT2D eigenvalue weighted by atomic mass is 19.4. The molecule has 6 heteroatoms. The van der Waals surface area contributed by atoms with Crippen LogP contribution in [0, 0.1) is 6.92 Å². The van der Waals surface area contributed by atoms with E-state index in [2.05, 4.69) is 9.97 Å². The summed E-state index contributed by atoms with van der Waals surface area (Å²) in [5.74, 6) is 0.0876. The number of fused-ring (bicyclic) bond motifs is 1. The summed E-state index contributed by atoms with van der Waals surface area (Å²) in [5.41, 5.74) is 5.01. The van der Waals surface area contributed by atoms with E-state index in [0.717, 1.165) is 0 Å². The Balaban J connectivity index is 2.85. The fourth-order valence-corrected chi connectivity index (χ4v) is 1.48. The first-order valence-corrected chi connectivity index (χ1v) is 4.49. The van der Waals surface area contributed by atoms with E-state index >= 15 is 0 Å². The number of anilines is 1. The van der Waals surface area contributed by atoms with E-state index in [1.54, 1.807) is 0 Å². The van der Waals surface area contributed by atoms with Crippen LogP contribution in [0.2, 0.25) is 0 Å². The maximum Gasteiger partial charge on any atom is 0.434 e. The van der Waals surface area contributed by atoms with Crippen LogP contribution < -0.4 is 5.73 Å². The molecular formula is C10H8F3N3. The first-order valence-electron chi connectivity index (χ1n) is 4.49. The van der Waals surface area contributed by atoms with Crippen LogP contribution in [0.1, 0.15) is 11.5 Å². The molecule has 0 amide bonds. The Morgan fingerprint density at radius 1 is 1.19 bits per heavy atom. The molecule has 0 unspecified atom stereocenters. The maximum atomic E-state index is 12.7. The lowest BCUT2D eigenvalue weighted by atomic mass is 10.1. The highest BCUT2D eigenvalue weighted by molar-refractivity contribution is 5.84. The van der Waals surface area contributed by atoms with E-state index in [1.165, 1.54) is 25.1 Å². The lowest BCUT2D eigenvalue weighted by molar-refractivity contribution is -0.139. The average molecular weight is 227 g/mol. The fourth-order valence-electron chi connectivity index (χ4n) is 1.48. The minimum atomic E-state index is -4.50. The van der Waals surface area contributed by atoms with E-state index in [4.69, 9.17) is 5.73 Å². The number of nitrogen functional groups attached to an aromatic ring is 1. The van der Waals surface area contributed by atoms with Crippen molar-refractivity contribution in [1.82, 2.24) is 9.97 Å². The van der Waals surface area contributed by atoms with E-state index in [9.17, 15) is 13.2 Å². The van der Waals surface area contributed by atoms with Crippen LogP contribution in [0.4, 0.5) is 18.9 Å². The second-order valence-corrected chi connectivity index (χ2v) is 3.39. The van der Waals surface area contributed by atoms with Gasteiger partial charge in [-0.2, -0.15) is 13.2 Å². The van der Waals surface area contributed by atoms with Gasteiger partial charge < -0.3 is 5.73 Å². The van der Waals surface area contributed by atoms with Gasteiger partial charge in [0.1, 0.15) is 5.82 Å². The summed E-state index contributed by atoms with van der Waals surface area (Å²) in [6.45, 7) is 1.42. The van der Waals surface area contributed by atoms with Crippen molar-refractivity contribution < 1.29 is 13.2 Å². The van der Waals surface area contributed by atoms with Gasteiger partial charge in [0.05, 0.1) is 5.52 Å². The molecule has 0 atom stereocenters. The van der Waals surface area contributed by atoms with Crippen molar-refractivity contribution >= 4 is 16.6 Å². The van der Waals surface area contributed by atoms with Gasteiger partial charge in [0.25, 0.3) is 0 Å². The number of rotatable bonds is 0. The molecule has 0 aliphatic heterocycles. The molecule has 1 aromatic heterocycles. The molecule has 0 aliphatic carbocycles. The van der Waals surface area contributed by atoms with Gasteiger partial charge in [-0.25, -0.2) is 9.97 Å². The van der Waals surface area contributed by atoms with Gasteiger partial charge in [-0.3, -0.25) is 0 Å². The zero-order valence-electron chi connectivity index (χ0n) is 8.34. The Labute approximate surface area is 89.1 Å². The molecule has 0 aliphatic rings. The van der Waals surface area contributed by atoms with E-state index in [-0.39, 0.29) is 22.4 Å². The average Bonchev–Trinajstić information content (AvgIpc) is 2.16. The molecule has 16 heavy (non-hydrogen) atoms. The molecule has 2 N–H and O–H groups in total. The quantitative estimate of drug-likeness (QED) is 0.703. The third kappa shape index (κ3) is 1.78. The number of nitrogens with zero attached hydrogens (tertiary/aromatic N) is 2. The highest BCUT2D eigenvalue weighted by Gasteiger charge is 2.35. The van der Waals surface area contributed by atoms with Crippen molar-refractivity contribution in [3.05, 3.63) is 29.7 Å². The summed E-state index contributed by atoms with van der Waals surface area (Å²) in [6.07, 6.45) is -4.50. The minimum absolute atomic E-state index is 0.0712. The Morgan fingerprint density at radius 2 is 1.88 bits per heavy atom. The van der Waals surface area contributed by atoms with Gasteiger partial charge in [0.2, 0.25) is 0 Å². The molecule has 2 rings (SSSR count). The van der Waals surface area contributed by atoms with Crippen LogP contribution in [0.25, 0.3) is 10.9 Å². The summed E-state index contributed by atoms with van der Waals surface area (Å²) < 4.78 is 38.1. The summed E-state index contributed by atoms with van der Waals surface area (Å²) >= 11 is 0. The van der Waals surface area contributed by atoms with Crippen molar-refractivity contribution in [1.29, 1.82) is 0 Å². The van der Waals surface area contributed by atoms with Gasteiger partial charge in [-0.15, -0.1) is 0 Å². The first kappa shape index (κ1) is 10.7. The number of aryl methyl sites for hydroxylation is 1. The summed E-state index contributed by atoms with van der Waals surface area (Å²) in [7, 11) is 0. The molecule has 1 aromatic carbocycles. The van der Waals surface area contributed by atoms with Crippen molar-refractivity contribution in [2.24, 2.45) is 0 Å². The zero-order valence-corrected chi connectivity index (χ0v) is 8.34. The Hall–Kier alpha value is -1.85. The largest absolute Gasteiger partial charge is 0.434 e. The van der Waals surface area contributed by atoms with Crippen LogP contribution in [0.5, 0.6) is 0 Å². The molecular weight excluding hydrogens is 219 g/mol. The Morgan fingerprint density at radius 3 is 2.50 bits per heavy atom. The molecule has 0 bridgehead atoms. The molecule has 0 radical (unpaired) electrons. The first-order chi connectivity index (χ1) is 7.38. The van der Waals surface area contributed by atoms with Crippen LogP contribution in [0.15, 0.2) is 18.2 Å². The molecule has 2 aromatic rings. The van der Waals surface area contributed by atoms with Crippen molar-refractivity contribution in [2.45, 2.75) is 13.1 Å².